The SMILES string of the molecule is CC(C)(O)C(=O)NC1CCC(NC(=O)c2cc(F)cnc2Oc2ccc(F)cc2)CC1. The zero-order valence-electron chi connectivity index (χ0n) is 17.3. The molecular weight excluding hydrogens is 408 g/mol. The number of amides is 2. The van der Waals surface area contributed by atoms with Crippen LogP contribution >= 0.6 is 0 Å². The Balaban J connectivity index is 1.61. The fourth-order valence-electron chi connectivity index (χ4n) is 3.29. The summed E-state index contributed by atoms with van der Waals surface area (Å²) in [6.45, 7) is 2.85. The number of aliphatic hydroxyl groups is 1. The fourth-order valence-corrected chi connectivity index (χ4v) is 3.29. The van der Waals surface area contributed by atoms with Gasteiger partial charge in [-0.2, -0.15) is 0 Å². The molecule has 7 nitrogen and oxygen atoms in total. The van der Waals surface area contributed by atoms with Crippen LogP contribution in [0.1, 0.15) is 49.9 Å². The summed E-state index contributed by atoms with van der Waals surface area (Å²) in [4.78, 5) is 28.5. The number of hydrogen-bond donors (Lipinski definition) is 3. The van der Waals surface area contributed by atoms with Crippen molar-refractivity contribution in [1.29, 1.82) is 0 Å². The molecule has 2 aromatic rings. The molecule has 3 rings (SSSR count). The highest BCUT2D eigenvalue weighted by Crippen LogP contribution is 2.25. The van der Waals surface area contributed by atoms with Crippen molar-refractivity contribution in [3.63, 3.8) is 0 Å². The second-order valence-corrected chi connectivity index (χ2v) is 8.12. The molecule has 0 unspecified atom stereocenters. The van der Waals surface area contributed by atoms with Crippen LogP contribution in [0.4, 0.5) is 8.78 Å². The van der Waals surface area contributed by atoms with Gasteiger partial charge in [-0.15, -0.1) is 0 Å². The van der Waals surface area contributed by atoms with Crippen LogP contribution < -0.4 is 15.4 Å². The van der Waals surface area contributed by atoms with Gasteiger partial charge in [-0.1, -0.05) is 0 Å². The molecule has 0 bridgehead atoms. The summed E-state index contributed by atoms with van der Waals surface area (Å²) < 4.78 is 32.4. The minimum absolute atomic E-state index is 0.0678. The molecule has 9 heteroatoms. The van der Waals surface area contributed by atoms with Crippen molar-refractivity contribution in [2.45, 2.75) is 57.2 Å². The third kappa shape index (κ3) is 6.21. The second kappa shape index (κ2) is 9.38. The number of carbonyl (C=O) groups excluding carboxylic acids is 2. The van der Waals surface area contributed by atoms with Crippen molar-refractivity contribution >= 4 is 11.8 Å². The average molecular weight is 433 g/mol. The number of hydrogen-bond acceptors (Lipinski definition) is 5. The number of pyridine rings is 1. The van der Waals surface area contributed by atoms with E-state index in [1.54, 1.807) is 0 Å². The summed E-state index contributed by atoms with van der Waals surface area (Å²) in [6, 6.07) is 5.96. The number of benzene rings is 1. The summed E-state index contributed by atoms with van der Waals surface area (Å²) in [7, 11) is 0. The number of rotatable bonds is 6. The molecule has 0 radical (unpaired) electrons. The fraction of sp³-hybridized carbons (Fsp3) is 0.409. The Kier molecular flexibility index (Phi) is 6.84. The molecule has 1 fully saturated rings. The highest BCUT2D eigenvalue weighted by atomic mass is 19.1. The number of halogens is 2. The standard InChI is InChI=1S/C22H25F2N3O4/c1-22(2,30)21(29)27-16-7-5-15(6-8-16)26-19(28)18-11-14(24)12-25-20(18)31-17-9-3-13(23)4-10-17/h3-4,9-12,15-16,30H,5-8H2,1-2H3,(H,26,28)(H,27,29). The van der Waals surface area contributed by atoms with E-state index in [1.807, 2.05) is 0 Å². The first-order valence-electron chi connectivity index (χ1n) is 10.0. The highest BCUT2D eigenvalue weighted by molar-refractivity contribution is 5.96. The van der Waals surface area contributed by atoms with Crippen molar-refractivity contribution in [1.82, 2.24) is 15.6 Å². The summed E-state index contributed by atoms with van der Waals surface area (Å²) in [5.41, 5.74) is -1.52. The molecule has 166 valence electrons. The summed E-state index contributed by atoms with van der Waals surface area (Å²) >= 11 is 0. The van der Waals surface area contributed by atoms with E-state index in [0.717, 1.165) is 12.3 Å². The summed E-state index contributed by atoms with van der Waals surface area (Å²) in [5.74, 6) is -1.92. The molecule has 1 heterocycles. The van der Waals surface area contributed by atoms with Crippen molar-refractivity contribution in [2.24, 2.45) is 0 Å². The van der Waals surface area contributed by atoms with Crippen LogP contribution in [0, 0.1) is 11.6 Å². The van der Waals surface area contributed by atoms with Gasteiger partial charge in [0.15, 0.2) is 0 Å². The Labute approximate surface area is 178 Å². The van der Waals surface area contributed by atoms with E-state index >= 15 is 0 Å². The van der Waals surface area contributed by atoms with Gasteiger partial charge in [0.2, 0.25) is 5.88 Å². The first-order chi connectivity index (χ1) is 14.6. The van der Waals surface area contributed by atoms with Crippen molar-refractivity contribution in [3.8, 4) is 11.6 Å². The summed E-state index contributed by atoms with van der Waals surface area (Å²) in [5, 5.41) is 15.4. The lowest BCUT2D eigenvalue weighted by atomic mass is 9.90. The normalized spacial score (nSPS) is 18.9. The molecule has 0 aliphatic heterocycles. The summed E-state index contributed by atoms with van der Waals surface area (Å²) in [6.07, 6.45) is 3.42. The maximum Gasteiger partial charge on any atom is 0.257 e. The topological polar surface area (TPSA) is 101 Å². The molecule has 0 atom stereocenters. The van der Waals surface area contributed by atoms with Crippen LogP contribution in [-0.4, -0.2) is 39.6 Å². The average Bonchev–Trinajstić information content (AvgIpc) is 2.71. The van der Waals surface area contributed by atoms with E-state index in [1.165, 1.54) is 38.1 Å². The minimum Gasteiger partial charge on any atom is -0.438 e. The molecule has 1 aliphatic carbocycles. The van der Waals surface area contributed by atoms with Gasteiger partial charge in [0.25, 0.3) is 11.8 Å². The van der Waals surface area contributed by atoms with Crippen LogP contribution in [-0.2, 0) is 4.79 Å². The molecular formula is C22H25F2N3O4. The lowest BCUT2D eigenvalue weighted by molar-refractivity contribution is -0.137. The van der Waals surface area contributed by atoms with E-state index in [4.69, 9.17) is 4.74 Å². The van der Waals surface area contributed by atoms with E-state index < -0.39 is 29.0 Å². The molecule has 1 aliphatic rings. The van der Waals surface area contributed by atoms with E-state index in [2.05, 4.69) is 15.6 Å². The lowest BCUT2D eigenvalue weighted by Crippen LogP contribution is -2.49. The van der Waals surface area contributed by atoms with Gasteiger partial charge < -0.3 is 20.5 Å². The second-order valence-electron chi connectivity index (χ2n) is 8.12. The molecule has 1 aromatic carbocycles. The van der Waals surface area contributed by atoms with Gasteiger partial charge in [0.05, 0.1) is 6.20 Å². The third-order valence-corrected chi connectivity index (χ3v) is 5.04. The molecule has 1 aromatic heterocycles. The van der Waals surface area contributed by atoms with Gasteiger partial charge >= 0.3 is 0 Å². The number of nitrogens with zero attached hydrogens (tertiary/aromatic N) is 1. The van der Waals surface area contributed by atoms with Crippen LogP contribution in [0.5, 0.6) is 11.6 Å². The Morgan fingerprint density at radius 2 is 1.61 bits per heavy atom. The van der Waals surface area contributed by atoms with Gasteiger partial charge in [0.1, 0.15) is 28.5 Å². The molecule has 0 saturated heterocycles. The Hall–Kier alpha value is -3.07. The van der Waals surface area contributed by atoms with E-state index in [0.29, 0.717) is 25.7 Å². The molecule has 1 saturated carbocycles. The molecule has 0 spiro atoms. The van der Waals surface area contributed by atoms with Crippen LogP contribution in [0.2, 0.25) is 0 Å². The highest BCUT2D eigenvalue weighted by Gasteiger charge is 2.29. The molecule has 2 amide bonds. The van der Waals surface area contributed by atoms with E-state index in [-0.39, 0.29) is 29.3 Å². The third-order valence-electron chi connectivity index (χ3n) is 5.04. The quantitative estimate of drug-likeness (QED) is 0.650. The zero-order valence-corrected chi connectivity index (χ0v) is 17.3. The predicted molar refractivity (Wildman–Crippen MR) is 109 cm³/mol. The van der Waals surface area contributed by atoms with Crippen LogP contribution in [0.15, 0.2) is 36.5 Å². The van der Waals surface area contributed by atoms with E-state index in [9.17, 15) is 23.5 Å². The van der Waals surface area contributed by atoms with Gasteiger partial charge in [0, 0.05) is 12.1 Å². The largest absolute Gasteiger partial charge is 0.438 e. The van der Waals surface area contributed by atoms with Gasteiger partial charge in [-0.05, 0) is 69.9 Å². The Morgan fingerprint density at radius 1 is 1.03 bits per heavy atom. The van der Waals surface area contributed by atoms with Gasteiger partial charge in [-0.3, -0.25) is 9.59 Å². The van der Waals surface area contributed by atoms with Crippen LogP contribution in [0.25, 0.3) is 0 Å². The van der Waals surface area contributed by atoms with Crippen molar-refractivity contribution in [3.05, 3.63) is 53.7 Å². The number of ether oxygens (including phenoxy) is 1. The smallest absolute Gasteiger partial charge is 0.257 e. The van der Waals surface area contributed by atoms with Crippen LogP contribution in [0.3, 0.4) is 0 Å². The first kappa shape index (κ1) is 22.6. The van der Waals surface area contributed by atoms with Crippen molar-refractivity contribution in [2.75, 3.05) is 0 Å². The Bertz CT molecular complexity index is 937. The lowest BCUT2D eigenvalue weighted by Gasteiger charge is -2.31. The molecule has 3 N–H and O–H groups in total. The van der Waals surface area contributed by atoms with Crippen molar-refractivity contribution < 1.29 is 28.2 Å². The molecule has 31 heavy (non-hydrogen) atoms. The predicted octanol–water partition coefficient (Wildman–Crippen LogP) is 3.08. The maximum absolute atomic E-state index is 13.7. The minimum atomic E-state index is -1.45. The first-order valence-corrected chi connectivity index (χ1v) is 10.0. The number of carbonyl (C=O) groups is 2. The zero-order chi connectivity index (χ0) is 22.6. The number of nitrogens with one attached hydrogen (secondary N) is 2. The number of aromatic nitrogens is 1. The maximum atomic E-state index is 13.7. The van der Waals surface area contributed by atoms with Gasteiger partial charge in [-0.25, -0.2) is 13.8 Å². The Morgan fingerprint density at radius 3 is 2.19 bits per heavy atom. The monoisotopic (exact) mass is 433 g/mol.